The van der Waals surface area contributed by atoms with Crippen LogP contribution >= 0.6 is 11.8 Å². The standard InChI is InChI=1S/C18H18N2O5S2/c1-27(23,24)13-4-6-19-18-15(13)17(26-12-5-8-25-10-12)16-11(9-14(21)22)3-2-7-20(16)18/h4-6,8,10-11H,2-3,7,9H2,1H3,(H,21,22). The lowest BCUT2D eigenvalue weighted by Crippen LogP contribution is -2.18. The molecule has 1 N–H and O–H groups in total. The first-order valence-electron chi connectivity index (χ1n) is 8.49. The van der Waals surface area contributed by atoms with E-state index in [-0.39, 0.29) is 17.2 Å². The SMILES string of the molecule is CS(=O)(=O)c1ccnc2c1c(Sc1ccoc1)c1n2CCCC1CC(=O)O. The van der Waals surface area contributed by atoms with Crippen molar-refractivity contribution in [1.82, 2.24) is 9.55 Å². The zero-order chi connectivity index (χ0) is 19.2. The van der Waals surface area contributed by atoms with Gasteiger partial charge in [-0.05, 0) is 25.0 Å². The first-order valence-corrected chi connectivity index (χ1v) is 11.2. The quantitative estimate of drug-likeness (QED) is 0.691. The number of nitrogens with zero attached hydrogens (tertiary/aromatic N) is 2. The van der Waals surface area contributed by atoms with E-state index in [1.165, 1.54) is 30.3 Å². The lowest BCUT2D eigenvalue weighted by Gasteiger charge is -2.25. The molecule has 4 rings (SSSR count). The van der Waals surface area contributed by atoms with Crippen molar-refractivity contribution in [2.24, 2.45) is 0 Å². The maximum atomic E-state index is 12.4. The van der Waals surface area contributed by atoms with Crippen molar-refractivity contribution in [2.75, 3.05) is 6.26 Å². The highest BCUT2D eigenvalue weighted by Crippen LogP contribution is 2.46. The molecule has 0 amide bonds. The summed E-state index contributed by atoms with van der Waals surface area (Å²) in [5.41, 5.74) is 1.45. The molecule has 3 aromatic rings. The van der Waals surface area contributed by atoms with Crippen molar-refractivity contribution >= 4 is 38.6 Å². The number of aromatic nitrogens is 2. The number of hydrogen-bond acceptors (Lipinski definition) is 6. The van der Waals surface area contributed by atoms with Crippen molar-refractivity contribution in [3.8, 4) is 0 Å². The fraction of sp³-hybridized carbons (Fsp3) is 0.333. The Kier molecular flexibility index (Phi) is 4.51. The number of furan rings is 1. The summed E-state index contributed by atoms with van der Waals surface area (Å²) in [5, 5.41) is 9.92. The number of carboxylic acids is 1. The minimum absolute atomic E-state index is 0.00345. The van der Waals surface area contributed by atoms with E-state index in [9.17, 15) is 18.3 Å². The Morgan fingerprint density at radius 3 is 2.93 bits per heavy atom. The molecule has 0 aliphatic carbocycles. The third-order valence-corrected chi connectivity index (χ3v) is 6.98. The van der Waals surface area contributed by atoms with Gasteiger partial charge in [-0.15, -0.1) is 0 Å². The second-order valence-electron chi connectivity index (χ2n) is 6.64. The van der Waals surface area contributed by atoms with E-state index in [0.717, 1.165) is 28.3 Å². The van der Waals surface area contributed by atoms with E-state index in [1.807, 2.05) is 4.57 Å². The maximum Gasteiger partial charge on any atom is 0.304 e. The first-order chi connectivity index (χ1) is 12.9. The molecule has 0 spiro atoms. The van der Waals surface area contributed by atoms with Gasteiger partial charge in [0.2, 0.25) is 0 Å². The molecule has 1 unspecified atom stereocenters. The van der Waals surface area contributed by atoms with Gasteiger partial charge in [0.15, 0.2) is 9.84 Å². The summed E-state index contributed by atoms with van der Waals surface area (Å²) < 4.78 is 32.0. The summed E-state index contributed by atoms with van der Waals surface area (Å²) in [6.07, 6.45) is 7.40. The largest absolute Gasteiger partial charge is 0.481 e. The Morgan fingerprint density at radius 2 is 2.26 bits per heavy atom. The number of carbonyl (C=O) groups is 1. The van der Waals surface area contributed by atoms with Crippen molar-refractivity contribution < 1.29 is 22.7 Å². The molecule has 7 nitrogen and oxygen atoms in total. The molecule has 4 heterocycles. The van der Waals surface area contributed by atoms with Crippen LogP contribution < -0.4 is 0 Å². The summed E-state index contributed by atoms with van der Waals surface area (Å²) in [6.45, 7) is 0.689. The smallest absolute Gasteiger partial charge is 0.304 e. The molecule has 0 saturated carbocycles. The average molecular weight is 406 g/mol. The normalized spacial score (nSPS) is 17.1. The summed E-state index contributed by atoms with van der Waals surface area (Å²) in [4.78, 5) is 17.7. The fourth-order valence-corrected chi connectivity index (χ4v) is 5.82. The van der Waals surface area contributed by atoms with Gasteiger partial charge in [0.25, 0.3) is 0 Å². The summed E-state index contributed by atoms with van der Waals surface area (Å²) in [5.74, 6) is -1.05. The number of carboxylic acid groups (broad SMARTS) is 1. The van der Waals surface area contributed by atoms with E-state index in [0.29, 0.717) is 17.6 Å². The molecule has 0 radical (unpaired) electrons. The van der Waals surface area contributed by atoms with Crippen LogP contribution in [0.25, 0.3) is 11.0 Å². The van der Waals surface area contributed by atoms with E-state index >= 15 is 0 Å². The van der Waals surface area contributed by atoms with Gasteiger partial charge in [0.1, 0.15) is 11.9 Å². The molecule has 1 aliphatic heterocycles. The van der Waals surface area contributed by atoms with Crippen LogP contribution in [0.4, 0.5) is 0 Å². The average Bonchev–Trinajstić information content (AvgIpc) is 3.21. The Morgan fingerprint density at radius 1 is 1.44 bits per heavy atom. The van der Waals surface area contributed by atoms with Crippen LogP contribution in [0.1, 0.15) is 30.9 Å². The third-order valence-electron chi connectivity index (χ3n) is 4.76. The van der Waals surface area contributed by atoms with Crippen LogP contribution in [-0.4, -0.2) is 35.3 Å². The first kappa shape index (κ1) is 18.1. The lowest BCUT2D eigenvalue weighted by atomic mass is 9.93. The van der Waals surface area contributed by atoms with E-state index in [2.05, 4.69) is 4.98 Å². The van der Waals surface area contributed by atoms with Crippen LogP contribution in [0.3, 0.4) is 0 Å². The van der Waals surface area contributed by atoms with Crippen molar-refractivity contribution in [3.05, 3.63) is 36.5 Å². The maximum absolute atomic E-state index is 12.4. The topological polar surface area (TPSA) is 102 Å². The predicted molar refractivity (Wildman–Crippen MR) is 99.9 cm³/mol. The molecule has 9 heteroatoms. The molecule has 142 valence electrons. The molecule has 1 aliphatic rings. The monoisotopic (exact) mass is 406 g/mol. The van der Waals surface area contributed by atoms with E-state index < -0.39 is 15.8 Å². The molecule has 0 aromatic carbocycles. The van der Waals surface area contributed by atoms with E-state index in [1.54, 1.807) is 18.6 Å². The molecular formula is C18H18N2O5S2. The minimum Gasteiger partial charge on any atom is -0.481 e. The molecule has 27 heavy (non-hydrogen) atoms. The number of aryl methyl sites for hydroxylation is 1. The highest BCUT2D eigenvalue weighted by Gasteiger charge is 2.32. The molecule has 1 atom stereocenters. The van der Waals surface area contributed by atoms with E-state index in [4.69, 9.17) is 4.42 Å². The molecule has 0 bridgehead atoms. The molecular weight excluding hydrogens is 388 g/mol. The van der Waals surface area contributed by atoms with Gasteiger partial charge in [-0.25, -0.2) is 13.4 Å². The highest BCUT2D eigenvalue weighted by atomic mass is 32.2. The Balaban J connectivity index is 2.04. The van der Waals surface area contributed by atoms with Crippen LogP contribution in [0, 0.1) is 0 Å². The number of sulfone groups is 1. The number of aliphatic carboxylic acids is 1. The predicted octanol–water partition coefficient (Wildman–Crippen LogP) is 3.54. The van der Waals surface area contributed by atoms with Crippen molar-refractivity contribution in [1.29, 1.82) is 0 Å². The third kappa shape index (κ3) is 3.25. The van der Waals surface area contributed by atoms with Gasteiger partial charge >= 0.3 is 5.97 Å². The van der Waals surface area contributed by atoms with Gasteiger partial charge < -0.3 is 14.1 Å². The minimum atomic E-state index is -3.48. The Bertz CT molecular complexity index is 1120. The second kappa shape index (κ2) is 6.72. The number of pyridine rings is 1. The highest BCUT2D eigenvalue weighted by molar-refractivity contribution is 7.99. The van der Waals surface area contributed by atoms with Gasteiger partial charge in [-0.3, -0.25) is 4.79 Å². The van der Waals surface area contributed by atoms with Gasteiger partial charge in [0.05, 0.1) is 27.9 Å². The molecule has 0 saturated heterocycles. The molecule has 0 fully saturated rings. The summed E-state index contributed by atoms with van der Waals surface area (Å²) in [7, 11) is -3.48. The van der Waals surface area contributed by atoms with Crippen molar-refractivity contribution in [2.45, 2.75) is 46.4 Å². The summed E-state index contributed by atoms with van der Waals surface area (Å²) >= 11 is 1.39. The van der Waals surface area contributed by atoms with Crippen LogP contribution in [0.15, 0.2) is 50.0 Å². The Labute approximate surface area is 160 Å². The fourth-order valence-electron chi connectivity index (χ4n) is 3.73. The van der Waals surface area contributed by atoms with Crippen LogP contribution in [0.2, 0.25) is 0 Å². The lowest BCUT2D eigenvalue weighted by molar-refractivity contribution is -0.137. The zero-order valence-corrected chi connectivity index (χ0v) is 16.2. The second-order valence-corrected chi connectivity index (χ2v) is 9.71. The zero-order valence-electron chi connectivity index (χ0n) is 14.6. The number of rotatable bonds is 5. The van der Waals surface area contributed by atoms with Gasteiger partial charge in [0, 0.05) is 35.5 Å². The number of hydrogen-bond donors (Lipinski definition) is 1. The van der Waals surface area contributed by atoms with Gasteiger partial charge in [-0.2, -0.15) is 0 Å². The molecule has 3 aromatic heterocycles. The van der Waals surface area contributed by atoms with Gasteiger partial charge in [-0.1, -0.05) is 11.8 Å². The van der Waals surface area contributed by atoms with Crippen LogP contribution in [0.5, 0.6) is 0 Å². The summed E-state index contributed by atoms with van der Waals surface area (Å²) in [6, 6.07) is 3.31. The Hall–Kier alpha value is -2.26. The number of fused-ring (bicyclic) bond motifs is 3. The van der Waals surface area contributed by atoms with Crippen molar-refractivity contribution in [3.63, 3.8) is 0 Å². The van der Waals surface area contributed by atoms with Crippen LogP contribution in [-0.2, 0) is 21.2 Å².